The molecule has 0 spiro atoms. The first kappa shape index (κ1) is 15.9. The van der Waals surface area contributed by atoms with Crippen molar-refractivity contribution in [3.63, 3.8) is 0 Å². The Kier molecular flexibility index (Phi) is 4.03. The van der Waals surface area contributed by atoms with Gasteiger partial charge in [-0.15, -0.1) is 0 Å². The van der Waals surface area contributed by atoms with E-state index in [9.17, 15) is 0 Å². The lowest BCUT2D eigenvalue weighted by Crippen LogP contribution is -2.23. The van der Waals surface area contributed by atoms with Crippen molar-refractivity contribution in [1.29, 1.82) is 0 Å². The molecule has 24 heavy (non-hydrogen) atoms. The molecule has 0 heterocycles. The molecular formula is C24H30. The van der Waals surface area contributed by atoms with Gasteiger partial charge in [0.15, 0.2) is 0 Å². The second kappa shape index (κ2) is 6.06. The zero-order valence-corrected chi connectivity index (χ0v) is 15.7. The SMILES string of the molecule is Cc1ccc(C)c2c1C1CCCCCCC2c2c(C)ccc(C)c21. The predicted octanol–water partition coefficient (Wildman–Crippen LogP) is 6.85. The Balaban J connectivity index is 2.07. The van der Waals surface area contributed by atoms with Gasteiger partial charge in [-0.2, -0.15) is 0 Å². The minimum absolute atomic E-state index is 0.615. The Morgan fingerprint density at radius 2 is 0.792 bits per heavy atom. The molecule has 0 saturated carbocycles. The highest BCUT2D eigenvalue weighted by atomic mass is 14.4. The van der Waals surface area contributed by atoms with Gasteiger partial charge in [0.25, 0.3) is 0 Å². The van der Waals surface area contributed by atoms with Crippen molar-refractivity contribution in [2.75, 3.05) is 0 Å². The van der Waals surface area contributed by atoms with E-state index >= 15 is 0 Å². The lowest BCUT2D eigenvalue weighted by molar-refractivity contribution is 0.508. The summed E-state index contributed by atoms with van der Waals surface area (Å²) in [4.78, 5) is 0. The molecular weight excluding hydrogens is 288 g/mol. The highest BCUT2D eigenvalue weighted by molar-refractivity contribution is 5.61. The van der Waals surface area contributed by atoms with E-state index in [1.807, 2.05) is 0 Å². The lowest BCUT2D eigenvalue weighted by atomic mass is 9.64. The normalized spacial score (nSPS) is 22.8. The smallest absolute Gasteiger partial charge is 0.0101 e. The molecule has 0 heteroatoms. The van der Waals surface area contributed by atoms with E-state index in [2.05, 4.69) is 52.0 Å². The quantitative estimate of drug-likeness (QED) is 0.498. The van der Waals surface area contributed by atoms with Crippen LogP contribution in [0.15, 0.2) is 24.3 Å². The van der Waals surface area contributed by atoms with Crippen LogP contribution in [0, 0.1) is 27.7 Å². The summed E-state index contributed by atoms with van der Waals surface area (Å²) in [6.07, 6.45) is 8.19. The van der Waals surface area contributed by atoms with E-state index in [-0.39, 0.29) is 0 Å². The van der Waals surface area contributed by atoms with Crippen LogP contribution in [0.2, 0.25) is 0 Å². The van der Waals surface area contributed by atoms with Crippen LogP contribution < -0.4 is 0 Å². The average Bonchev–Trinajstić information content (AvgIpc) is 2.58. The number of benzene rings is 2. The minimum Gasteiger partial charge on any atom is -0.0587 e. The summed E-state index contributed by atoms with van der Waals surface area (Å²) in [5, 5.41) is 0. The topological polar surface area (TPSA) is 0 Å². The van der Waals surface area contributed by atoms with Crippen LogP contribution in [-0.4, -0.2) is 0 Å². The Labute approximate surface area is 147 Å². The fraction of sp³-hybridized carbons (Fsp3) is 0.500. The molecule has 126 valence electrons. The van der Waals surface area contributed by atoms with Gasteiger partial charge in [0.2, 0.25) is 0 Å². The summed E-state index contributed by atoms with van der Waals surface area (Å²) >= 11 is 0. The summed E-state index contributed by atoms with van der Waals surface area (Å²) in [6.45, 7) is 9.35. The van der Waals surface area contributed by atoms with E-state index in [4.69, 9.17) is 0 Å². The number of hydrogen-bond acceptors (Lipinski definition) is 0. The van der Waals surface area contributed by atoms with Gasteiger partial charge in [0.1, 0.15) is 0 Å². The maximum absolute atomic E-state index is 2.36. The average molecular weight is 319 g/mol. The molecule has 2 bridgehead atoms. The van der Waals surface area contributed by atoms with Gasteiger partial charge in [-0.1, -0.05) is 49.9 Å². The first-order valence-electron chi connectivity index (χ1n) is 9.79. The van der Waals surface area contributed by atoms with Gasteiger partial charge >= 0.3 is 0 Å². The summed E-state index contributed by atoms with van der Waals surface area (Å²) in [5.41, 5.74) is 12.8. The van der Waals surface area contributed by atoms with Crippen LogP contribution in [-0.2, 0) is 0 Å². The van der Waals surface area contributed by atoms with Crippen LogP contribution in [0.1, 0.15) is 94.9 Å². The van der Waals surface area contributed by atoms with Crippen molar-refractivity contribution < 1.29 is 0 Å². The molecule has 0 nitrogen and oxygen atoms in total. The monoisotopic (exact) mass is 318 g/mol. The highest BCUT2D eigenvalue weighted by Crippen LogP contribution is 2.52. The van der Waals surface area contributed by atoms with Crippen LogP contribution in [0.5, 0.6) is 0 Å². The van der Waals surface area contributed by atoms with Crippen molar-refractivity contribution >= 4 is 0 Å². The molecule has 0 saturated heterocycles. The Morgan fingerprint density at radius 1 is 0.500 bits per heavy atom. The third-order valence-corrected chi connectivity index (χ3v) is 6.58. The first-order chi connectivity index (χ1) is 11.6. The van der Waals surface area contributed by atoms with Crippen LogP contribution in [0.25, 0.3) is 0 Å². The van der Waals surface area contributed by atoms with Crippen molar-refractivity contribution in [1.82, 2.24) is 0 Å². The maximum atomic E-state index is 2.36. The first-order valence-corrected chi connectivity index (χ1v) is 9.79. The molecule has 2 aromatic carbocycles. The fourth-order valence-corrected chi connectivity index (χ4v) is 5.48. The number of rotatable bonds is 0. The molecule has 0 fully saturated rings. The third kappa shape index (κ3) is 2.34. The van der Waals surface area contributed by atoms with Crippen molar-refractivity contribution in [3.05, 3.63) is 68.8 Å². The van der Waals surface area contributed by atoms with Crippen molar-refractivity contribution in [2.24, 2.45) is 0 Å². The molecule has 2 aliphatic rings. The Hall–Kier alpha value is -1.56. The molecule has 0 amide bonds. The van der Waals surface area contributed by atoms with Gasteiger partial charge in [-0.25, -0.2) is 0 Å². The van der Waals surface area contributed by atoms with E-state index in [0.29, 0.717) is 11.8 Å². The zero-order valence-electron chi connectivity index (χ0n) is 15.7. The van der Waals surface area contributed by atoms with Gasteiger partial charge in [-0.3, -0.25) is 0 Å². The van der Waals surface area contributed by atoms with E-state index < -0.39 is 0 Å². The molecule has 0 unspecified atom stereocenters. The molecule has 0 N–H and O–H groups in total. The summed E-state index contributed by atoms with van der Waals surface area (Å²) < 4.78 is 0. The van der Waals surface area contributed by atoms with Crippen LogP contribution in [0.3, 0.4) is 0 Å². The predicted molar refractivity (Wildman–Crippen MR) is 103 cm³/mol. The fourth-order valence-electron chi connectivity index (χ4n) is 5.48. The second-order valence-corrected chi connectivity index (χ2v) is 8.15. The maximum Gasteiger partial charge on any atom is 0.0101 e. The molecule has 2 aromatic rings. The standard InChI is InChI=1S/C24H30/c1-15-11-12-16(2)22-20-10-8-6-5-7-9-19(21(15)22)23-17(3)13-14-18(4)24(20)23/h11-14,19-20H,5-10H2,1-4H3. The summed E-state index contributed by atoms with van der Waals surface area (Å²) in [7, 11) is 0. The van der Waals surface area contributed by atoms with Gasteiger partial charge in [0, 0.05) is 11.8 Å². The number of fused-ring (bicyclic) bond motifs is 3. The second-order valence-electron chi connectivity index (χ2n) is 8.15. The van der Waals surface area contributed by atoms with Gasteiger partial charge in [0.05, 0.1) is 0 Å². The van der Waals surface area contributed by atoms with Crippen molar-refractivity contribution in [3.8, 4) is 0 Å². The van der Waals surface area contributed by atoms with Crippen LogP contribution in [0.4, 0.5) is 0 Å². The molecule has 0 radical (unpaired) electrons. The number of aryl methyl sites for hydroxylation is 4. The van der Waals surface area contributed by atoms with Gasteiger partial charge in [-0.05, 0) is 85.0 Å². The molecule has 0 atom stereocenters. The van der Waals surface area contributed by atoms with Crippen molar-refractivity contribution in [2.45, 2.75) is 78.1 Å². The van der Waals surface area contributed by atoms with E-state index in [1.165, 1.54) is 60.8 Å². The summed E-state index contributed by atoms with van der Waals surface area (Å²) in [5.74, 6) is 1.23. The molecule has 0 aliphatic heterocycles. The molecule has 4 rings (SSSR count). The lowest BCUT2D eigenvalue weighted by Gasteiger charge is -2.39. The highest BCUT2D eigenvalue weighted by Gasteiger charge is 2.36. The number of hydrogen-bond donors (Lipinski definition) is 0. The largest absolute Gasteiger partial charge is 0.0587 e. The zero-order chi connectivity index (χ0) is 16.8. The van der Waals surface area contributed by atoms with Crippen LogP contribution >= 0.6 is 0 Å². The summed E-state index contributed by atoms with van der Waals surface area (Å²) in [6, 6.07) is 9.44. The van der Waals surface area contributed by atoms with Gasteiger partial charge < -0.3 is 0 Å². The Bertz CT molecular complexity index is 656. The third-order valence-electron chi connectivity index (χ3n) is 6.58. The molecule has 2 aliphatic carbocycles. The van der Waals surface area contributed by atoms with E-state index in [0.717, 1.165) is 0 Å². The minimum atomic E-state index is 0.615. The Morgan fingerprint density at radius 3 is 1.08 bits per heavy atom. The molecule has 0 aromatic heterocycles. The van der Waals surface area contributed by atoms with E-state index in [1.54, 1.807) is 22.3 Å².